The molecule has 0 radical (unpaired) electrons. The summed E-state index contributed by atoms with van der Waals surface area (Å²) in [5.74, 6) is -0.390. The van der Waals surface area contributed by atoms with Gasteiger partial charge >= 0.3 is 0 Å². The van der Waals surface area contributed by atoms with Gasteiger partial charge in [0.2, 0.25) is 0 Å². The van der Waals surface area contributed by atoms with Crippen molar-refractivity contribution < 1.29 is 23.2 Å². The first-order valence-electron chi connectivity index (χ1n) is 18.5. The molecule has 2 aliphatic heterocycles. The largest absolute Gasteiger partial charge is 0.347 e. The highest BCUT2D eigenvalue weighted by atomic mass is 19.3. The summed E-state index contributed by atoms with van der Waals surface area (Å²) in [5.41, 5.74) is 6.37. The van der Waals surface area contributed by atoms with Crippen LogP contribution in [0.15, 0.2) is 66.9 Å². The van der Waals surface area contributed by atoms with Crippen molar-refractivity contribution in [2.45, 2.75) is 76.7 Å². The predicted molar refractivity (Wildman–Crippen MR) is 198 cm³/mol. The number of halogens is 2. The van der Waals surface area contributed by atoms with Crippen LogP contribution in [0.3, 0.4) is 0 Å². The number of benzene rings is 2. The summed E-state index contributed by atoms with van der Waals surface area (Å²) in [6, 6.07) is 19.4. The molecule has 4 heterocycles. The Morgan fingerprint density at radius 2 is 1.60 bits per heavy atom. The first-order chi connectivity index (χ1) is 25.5. The molecule has 11 nitrogen and oxygen atoms in total. The van der Waals surface area contributed by atoms with Gasteiger partial charge in [0.1, 0.15) is 5.69 Å². The van der Waals surface area contributed by atoms with Crippen molar-refractivity contribution in [3.8, 4) is 0 Å². The number of hydrogen-bond acceptors (Lipinski definition) is 6. The van der Waals surface area contributed by atoms with Crippen LogP contribution in [0.25, 0.3) is 0 Å². The third kappa shape index (κ3) is 7.50. The molecule has 0 bridgehead atoms. The number of carbonyl (C=O) groups excluding carboxylic acids is 3. The lowest BCUT2D eigenvalue weighted by molar-refractivity contribution is -0.0217. The molecule has 13 heteroatoms. The Bertz CT molecular complexity index is 1940. The summed E-state index contributed by atoms with van der Waals surface area (Å²) in [6.07, 6.45) is 3.88. The molecule has 4 aromatic rings. The maximum absolute atomic E-state index is 13.5. The van der Waals surface area contributed by atoms with Gasteiger partial charge < -0.3 is 20.1 Å². The van der Waals surface area contributed by atoms with E-state index in [9.17, 15) is 23.2 Å². The summed E-state index contributed by atoms with van der Waals surface area (Å²) in [4.78, 5) is 44.9. The van der Waals surface area contributed by atoms with Gasteiger partial charge in [0.15, 0.2) is 0 Å². The lowest BCUT2D eigenvalue weighted by Crippen LogP contribution is -2.56. The molecule has 0 unspecified atom stereocenters. The maximum Gasteiger partial charge on any atom is 0.268 e. The molecular formula is C40H48F2N8O3. The van der Waals surface area contributed by atoms with Crippen LogP contribution < -0.4 is 10.6 Å². The first kappa shape index (κ1) is 36.5. The molecule has 1 spiro atoms. The summed E-state index contributed by atoms with van der Waals surface area (Å²) in [6.45, 7) is 5.50. The second-order valence-corrected chi connectivity index (χ2v) is 14.8. The van der Waals surface area contributed by atoms with Gasteiger partial charge in [0.05, 0.1) is 29.9 Å². The Labute approximate surface area is 308 Å². The summed E-state index contributed by atoms with van der Waals surface area (Å²) in [5, 5.41) is 10.5. The molecule has 2 aromatic heterocycles. The van der Waals surface area contributed by atoms with Crippen molar-refractivity contribution in [2.75, 3.05) is 45.6 Å². The Morgan fingerprint density at radius 3 is 2.25 bits per heavy atom. The summed E-state index contributed by atoms with van der Waals surface area (Å²) >= 11 is 0. The third-order valence-electron chi connectivity index (χ3n) is 11.3. The summed E-state index contributed by atoms with van der Waals surface area (Å²) in [7, 11) is 3.51. The molecule has 1 saturated heterocycles. The minimum Gasteiger partial charge on any atom is -0.347 e. The van der Waals surface area contributed by atoms with E-state index in [1.165, 1.54) is 11.3 Å². The topological polar surface area (TPSA) is 108 Å². The van der Waals surface area contributed by atoms with Crippen LogP contribution in [0.2, 0.25) is 0 Å². The van der Waals surface area contributed by atoms with E-state index in [4.69, 9.17) is 0 Å². The van der Waals surface area contributed by atoms with Gasteiger partial charge in [0.25, 0.3) is 24.1 Å². The molecule has 2 aromatic carbocycles. The lowest BCUT2D eigenvalue weighted by atomic mass is 9.71. The molecule has 7 rings (SSSR count). The van der Waals surface area contributed by atoms with Crippen LogP contribution in [-0.4, -0.2) is 93.5 Å². The van der Waals surface area contributed by atoms with Crippen molar-refractivity contribution in [3.63, 3.8) is 0 Å². The van der Waals surface area contributed by atoms with E-state index in [0.717, 1.165) is 50.2 Å². The molecule has 3 aliphatic rings. The van der Waals surface area contributed by atoms with Crippen molar-refractivity contribution in [1.29, 1.82) is 0 Å². The molecule has 53 heavy (non-hydrogen) atoms. The fourth-order valence-electron chi connectivity index (χ4n) is 8.19. The van der Waals surface area contributed by atoms with Crippen LogP contribution in [0.5, 0.6) is 0 Å². The Hall–Kier alpha value is -4.88. The van der Waals surface area contributed by atoms with Gasteiger partial charge in [-0.1, -0.05) is 24.3 Å². The first-order valence-corrected chi connectivity index (χ1v) is 18.5. The van der Waals surface area contributed by atoms with Crippen molar-refractivity contribution in [1.82, 2.24) is 34.4 Å². The highest BCUT2D eigenvalue weighted by Crippen LogP contribution is 2.49. The van der Waals surface area contributed by atoms with Crippen LogP contribution in [0.1, 0.15) is 91.9 Å². The lowest BCUT2D eigenvalue weighted by Gasteiger charge is -2.53. The Balaban J connectivity index is 0.929. The summed E-state index contributed by atoms with van der Waals surface area (Å²) < 4.78 is 29.6. The van der Waals surface area contributed by atoms with Crippen molar-refractivity contribution >= 4 is 23.4 Å². The zero-order chi connectivity index (χ0) is 37.3. The van der Waals surface area contributed by atoms with E-state index in [-0.39, 0.29) is 35.8 Å². The fraction of sp³-hybridized carbons (Fsp3) is 0.450. The second-order valence-electron chi connectivity index (χ2n) is 14.8. The smallest absolute Gasteiger partial charge is 0.268 e. The number of nitrogens with zero attached hydrogens (tertiary/aromatic N) is 6. The van der Waals surface area contributed by atoms with Crippen LogP contribution in [0, 0.1) is 6.92 Å². The third-order valence-corrected chi connectivity index (χ3v) is 11.3. The highest BCUT2D eigenvalue weighted by molar-refractivity contribution is 6.05. The van der Waals surface area contributed by atoms with E-state index in [1.807, 2.05) is 66.2 Å². The number of nitrogens with one attached hydrogen (secondary N) is 2. The molecule has 1 aliphatic carbocycles. The molecule has 280 valence electrons. The number of rotatable bonds is 11. The minimum absolute atomic E-state index is 0.00619. The van der Waals surface area contributed by atoms with Gasteiger partial charge in [-0.3, -0.25) is 28.9 Å². The van der Waals surface area contributed by atoms with E-state index < -0.39 is 6.43 Å². The average Bonchev–Trinajstić information content (AvgIpc) is 3.74. The fourth-order valence-corrected chi connectivity index (χ4v) is 8.19. The number of aromatic nitrogens is 3. The number of likely N-dealkylation sites (tertiary alicyclic amines) is 1. The molecular weight excluding hydrogens is 678 g/mol. The number of hydrogen-bond donors (Lipinski definition) is 2. The predicted octanol–water partition coefficient (Wildman–Crippen LogP) is 5.67. The highest BCUT2D eigenvalue weighted by Gasteiger charge is 2.48. The Morgan fingerprint density at radius 1 is 0.906 bits per heavy atom. The molecule has 0 atom stereocenters. The Kier molecular flexibility index (Phi) is 10.5. The number of fused-ring (bicyclic) bond motifs is 2. The second kappa shape index (κ2) is 15.2. The molecule has 2 fully saturated rings. The average molecular weight is 727 g/mol. The van der Waals surface area contributed by atoms with E-state index >= 15 is 0 Å². The van der Waals surface area contributed by atoms with Crippen LogP contribution in [-0.2, 0) is 25.2 Å². The molecule has 3 amide bonds. The van der Waals surface area contributed by atoms with Gasteiger partial charge in [0, 0.05) is 76.0 Å². The van der Waals surface area contributed by atoms with E-state index in [2.05, 4.69) is 31.3 Å². The van der Waals surface area contributed by atoms with E-state index in [0.29, 0.717) is 55.0 Å². The van der Waals surface area contributed by atoms with Gasteiger partial charge in [-0.25, -0.2) is 8.78 Å². The number of anilines is 1. The van der Waals surface area contributed by atoms with Gasteiger partial charge in [-0.15, -0.1) is 0 Å². The number of amides is 3. The number of carbonyl (C=O) groups is 3. The maximum atomic E-state index is 13.5. The van der Waals surface area contributed by atoms with E-state index in [1.54, 1.807) is 30.1 Å². The monoisotopic (exact) mass is 726 g/mol. The van der Waals surface area contributed by atoms with Crippen LogP contribution in [0.4, 0.5) is 14.5 Å². The van der Waals surface area contributed by atoms with Gasteiger partial charge in [-0.2, -0.15) is 5.10 Å². The number of alkyl halides is 2. The minimum atomic E-state index is -2.34. The molecule has 2 N–H and O–H groups in total. The quantitative estimate of drug-likeness (QED) is 0.206. The zero-order valence-electron chi connectivity index (χ0n) is 30.7. The molecule has 1 saturated carbocycles. The number of piperidine rings is 1. The van der Waals surface area contributed by atoms with Crippen molar-refractivity contribution in [2.24, 2.45) is 0 Å². The standard InChI is InChI=1S/C40H48F2N8O3/c1-27-33(24-44-50(27)32-15-19-47(20-16-32)26-36(41)42)37(51)45-31-11-7-28(8-12-31)23-43-38(52)34-13-14-35-40(17-4-18-40)48(21-22-49(34)35)25-29-5-9-30(10-6-29)39(53)46(2)3/h5-14,24,32,36H,4,15-23,25-26H2,1-3H3,(H,43,52)(H,45,51). The van der Waals surface area contributed by atoms with Gasteiger partial charge in [-0.05, 0) is 86.6 Å². The SMILES string of the molecule is Cc1c(C(=O)Nc2ccc(CNC(=O)c3ccc4n3CCN(Cc3ccc(C(=O)N(C)C)cc3)C43CCC3)cc2)cnn1C1CCN(CC(F)F)CC1. The zero-order valence-corrected chi connectivity index (χ0v) is 30.7. The van der Waals surface area contributed by atoms with Crippen molar-refractivity contribution in [3.05, 3.63) is 106 Å². The van der Waals surface area contributed by atoms with Crippen LogP contribution >= 0.6 is 0 Å². The normalized spacial score (nSPS) is 17.4.